The minimum atomic E-state index is -0.534. The fourth-order valence-corrected chi connectivity index (χ4v) is 10.1. The van der Waals surface area contributed by atoms with Crippen LogP contribution in [0.2, 0.25) is 0 Å². The van der Waals surface area contributed by atoms with Crippen molar-refractivity contribution in [2.24, 2.45) is 11.8 Å². The highest BCUT2D eigenvalue weighted by Crippen LogP contribution is 2.42. The summed E-state index contributed by atoms with van der Waals surface area (Å²) in [6.45, 7) is 0.242. The van der Waals surface area contributed by atoms with Gasteiger partial charge in [0.2, 0.25) is 0 Å². The lowest BCUT2D eigenvalue weighted by Gasteiger charge is -2.37. The Hall–Kier alpha value is -7.60. The molecule has 6 aromatic carbocycles. The Kier molecular flexibility index (Phi) is 7.68. The molecule has 4 aliphatic heterocycles. The van der Waals surface area contributed by atoms with Crippen LogP contribution in [0.25, 0.3) is 21.5 Å². The van der Waals surface area contributed by atoms with Crippen LogP contribution in [0.5, 0.6) is 0 Å². The van der Waals surface area contributed by atoms with E-state index in [0.717, 1.165) is 29.1 Å². The molecule has 60 heavy (non-hydrogen) atoms. The van der Waals surface area contributed by atoms with Crippen LogP contribution in [-0.2, 0) is 0 Å². The van der Waals surface area contributed by atoms with Crippen molar-refractivity contribution < 1.29 is 38.4 Å². The van der Waals surface area contributed by atoms with E-state index < -0.39 is 47.3 Å². The van der Waals surface area contributed by atoms with Crippen molar-refractivity contribution >= 4 is 80.2 Å². The van der Waals surface area contributed by atoms with Gasteiger partial charge in [-0.25, -0.2) is 9.80 Å². The summed E-state index contributed by atoms with van der Waals surface area (Å²) in [5.74, 6) is -4.41. The van der Waals surface area contributed by atoms with E-state index in [4.69, 9.17) is 0 Å². The number of rotatable bonds is 6. The van der Waals surface area contributed by atoms with Gasteiger partial charge in [-0.2, -0.15) is 0 Å². The third kappa shape index (κ3) is 4.90. The molecule has 2 atom stereocenters. The number of hydrogen-bond donors (Lipinski definition) is 0. The third-order valence-electron chi connectivity index (χ3n) is 12.8. The maximum atomic E-state index is 14.1. The lowest BCUT2D eigenvalue weighted by atomic mass is 9.79. The Morgan fingerprint density at radius 3 is 0.900 bits per heavy atom. The van der Waals surface area contributed by atoms with Gasteiger partial charge in [0.05, 0.1) is 11.4 Å². The number of nitrogens with zero attached hydrogens (tertiary/aromatic N) is 4. The molecule has 6 aromatic rings. The van der Waals surface area contributed by atoms with Crippen LogP contribution in [0.4, 0.5) is 11.4 Å². The number of carbonyl (C=O) groups is 8. The second kappa shape index (κ2) is 13.0. The normalized spacial score (nSPS) is 19.7. The molecule has 0 aromatic heterocycles. The summed E-state index contributed by atoms with van der Waals surface area (Å²) >= 11 is 0. The highest BCUT2D eigenvalue weighted by atomic mass is 16.2. The predicted octanol–water partition coefficient (Wildman–Crippen LogP) is 7.29. The van der Waals surface area contributed by atoms with Gasteiger partial charge in [-0.05, 0) is 104 Å². The molecule has 0 spiro atoms. The van der Waals surface area contributed by atoms with Gasteiger partial charge in [0.1, 0.15) is 0 Å². The van der Waals surface area contributed by atoms with Gasteiger partial charge in [-0.3, -0.25) is 48.2 Å². The van der Waals surface area contributed by atoms with E-state index in [0.29, 0.717) is 39.3 Å². The van der Waals surface area contributed by atoms with Crippen LogP contribution in [-0.4, -0.2) is 70.1 Å². The van der Waals surface area contributed by atoms with Crippen molar-refractivity contribution in [3.8, 4) is 0 Å². The Balaban J connectivity index is 0.838. The minimum Gasteiger partial charge on any atom is -0.274 e. The van der Waals surface area contributed by atoms with E-state index in [2.05, 4.69) is 0 Å². The van der Waals surface area contributed by atoms with Crippen molar-refractivity contribution in [2.75, 3.05) is 22.9 Å². The average molecular weight is 793 g/mol. The second-order valence-electron chi connectivity index (χ2n) is 16.0. The number of para-hydroxylation sites is 2. The second-order valence-corrected chi connectivity index (χ2v) is 16.0. The molecular formula is C48H32N4O8. The van der Waals surface area contributed by atoms with Crippen LogP contribution >= 0.6 is 0 Å². The monoisotopic (exact) mass is 792 g/mol. The van der Waals surface area contributed by atoms with Crippen LogP contribution in [0.3, 0.4) is 0 Å². The Labute approximate surface area is 341 Å². The molecule has 11 rings (SSSR count). The topological polar surface area (TPSA) is 150 Å². The SMILES string of the molecule is O=C1c2ccc3c4c(ccc(c24)C(=O)N1CC1CCCC(CN2C(=O)c4ccc5c6c(ccc(c46)C2=O)C(=O)N(c2ccccc2)C5=O)C1)C(=O)N(c1ccccc1)C3=O. The smallest absolute Gasteiger partial charge is 0.265 e. The molecule has 2 unspecified atom stereocenters. The molecule has 12 nitrogen and oxygen atoms in total. The molecule has 1 fully saturated rings. The molecule has 5 aliphatic rings. The van der Waals surface area contributed by atoms with Crippen molar-refractivity contribution in [1.82, 2.24) is 9.80 Å². The van der Waals surface area contributed by atoms with Crippen LogP contribution in [0, 0.1) is 11.8 Å². The number of imide groups is 4. The number of hydrogen-bond acceptors (Lipinski definition) is 8. The van der Waals surface area contributed by atoms with Gasteiger partial charge in [-0.15, -0.1) is 0 Å². The van der Waals surface area contributed by atoms with E-state index in [9.17, 15) is 38.4 Å². The molecule has 8 amide bonds. The molecule has 12 heteroatoms. The van der Waals surface area contributed by atoms with Crippen LogP contribution in [0.1, 0.15) is 109 Å². The molecule has 1 aliphatic carbocycles. The zero-order chi connectivity index (χ0) is 41.1. The van der Waals surface area contributed by atoms with Crippen molar-refractivity contribution in [1.29, 1.82) is 0 Å². The zero-order valence-corrected chi connectivity index (χ0v) is 31.8. The molecule has 0 saturated heterocycles. The number of carbonyl (C=O) groups excluding carboxylic acids is 8. The maximum Gasteiger partial charge on any atom is 0.265 e. The molecule has 0 N–H and O–H groups in total. The van der Waals surface area contributed by atoms with E-state index in [-0.39, 0.29) is 69.4 Å². The molecule has 0 radical (unpaired) electrons. The van der Waals surface area contributed by atoms with Crippen molar-refractivity contribution in [2.45, 2.75) is 25.7 Å². The van der Waals surface area contributed by atoms with Gasteiger partial charge in [-0.1, -0.05) is 42.8 Å². The lowest BCUT2D eigenvalue weighted by molar-refractivity contribution is 0.0528. The van der Waals surface area contributed by atoms with Gasteiger partial charge < -0.3 is 0 Å². The fourth-order valence-electron chi connectivity index (χ4n) is 10.1. The highest BCUT2D eigenvalue weighted by molar-refractivity contribution is 6.40. The molecular weight excluding hydrogens is 761 g/mol. The molecule has 1 saturated carbocycles. The summed E-state index contributed by atoms with van der Waals surface area (Å²) in [7, 11) is 0. The van der Waals surface area contributed by atoms with E-state index in [1.807, 2.05) is 0 Å². The van der Waals surface area contributed by atoms with Gasteiger partial charge in [0.25, 0.3) is 47.3 Å². The first kappa shape index (κ1) is 35.6. The quantitative estimate of drug-likeness (QED) is 0.160. The van der Waals surface area contributed by atoms with Gasteiger partial charge in [0, 0.05) is 79.1 Å². The first-order valence-electron chi connectivity index (χ1n) is 19.9. The van der Waals surface area contributed by atoms with E-state index in [1.165, 1.54) is 9.80 Å². The average Bonchev–Trinajstić information content (AvgIpc) is 3.27. The van der Waals surface area contributed by atoms with Crippen LogP contribution in [0.15, 0.2) is 109 Å². The summed E-state index contributed by atoms with van der Waals surface area (Å²) in [6, 6.07) is 29.6. The first-order valence-corrected chi connectivity index (χ1v) is 19.9. The Morgan fingerprint density at radius 2 is 0.617 bits per heavy atom. The summed E-state index contributed by atoms with van der Waals surface area (Å²) in [4.78, 5) is 116. The number of benzene rings is 6. The standard InChI is InChI=1S/C48H32N4O8/c53-41-29-14-18-33-39-34(46(58)51(45(33)57)27-10-3-1-4-11-27)19-15-30(37(29)39)42(54)49(41)23-25-8-7-9-26(22-25)24-50-43(55)31-16-20-35-40-36(21-17-32(38(31)40)44(50)56)48(60)52(47(35)59)28-12-5-2-6-13-28/h1-6,10-21,25-26H,7-9,22-24H2. The van der Waals surface area contributed by atoms with E-state index >= 15 is 0 Å². The summed E-state index contributed by atoms with van der Waals surface area (Å²) in [5, 5.41) is 1.21. The Morgan fingerprint density at radius 1 is 0.350 bits per heavy atom. The molecule has 0 bridgehead atoms. The lowest BCUT2D eigenvalue weighted by Crippen LogP contribution is -2.47. The summed E-state index contributed by atoms with van der Waals surface area (Å²) < 4.78 is 0. The number of anilines is 2. The van der Waals surface area contributed by atoms with Crippen molar-refractivity contribution in [3.63, 3.8) is 0 Å². The molecule has 4 heterocycles. The largest absolute Gasteiger partial charge is 0.274 e. The molecule has 292 valence electrons. The fraction of sp³-hybridized carbons (Fsp3) is 0.167. The van der Waals surface area contributed by atoms with Crippen molar-refractivity contribution in [3.05, 3.63) is 154 Å². The van der Waals surface area contributed by atoms with Crippen LogP contribution < -0.4 is 9.80 Å². The number of amides is 8. The maximum absolute atomic E-state index is 14.1. The highest BCUT2D eigenvalue weighted by Gasteiger charge is 2.43. The predicted molar refractivity (Wildman–Crippen MR) is 219 cm³/mol. The van der Waals surface area contributed by atoms with Gasteiger partial charge in [0.15, 0.2) is 0 Å². The summed E-state index contributed by atoms with van der Waals surface area (Å²) in [6.07, 6.45) is 2.75. The minimum absolute atomic E-state index is 0.119. The summed E-state index contributed by atoms with van der Waals surface area (Å²) in [5.41, 5.74) is 2.74. The van der Waals surface area contributed by atoms with Gasteiger partial charge >= 0.3 is 0 Å². The van der Waals surface area contributed by atoms with E-state index in [1.54, 1.807) is 109 Å². The Bertz CT molecular complexity index is 2690. The third-order valence-corrected chi connectivity index (χ3v) is 12.8. The first-order chi connectivity index (χ1) is 29.1. The zero-order valence-electron chi connectivity index (χ0n) is 31.8.